The molecule has 0 saturated carbocycles. The van der Waals surface area contributed by atoms with Gasteiger partial charge in [-0.2, -0.15) is 0 Å². The Morgan fingerprint density at radius 2 is 2.04 bits per heavy atom. The summed E-state index contributed by atoms with van der Waals surface area (Å²) < 4.78 is 11.2. The van der Waals surface area contributed by atoms with Gasteiger partial charge in [-0.1, -0.05) is 17.7 Å². The van der Waals surface area contributed by atoms with E-state index in [9.17, 15) is 0 Å². The summed E-state index contributed by atoms with van der Waals surface area (Å²) in [7, 11) is 0. The summed E-state index contributed by atoms with van der Waals surface area (Å²) in [5.41, 5.74) is 2.94. The van der Waals surface area contributed by atoms with Crippen LogP contribution in [0.25, 0.3) is 11.5 Å². The number of guanidine groups is 1. The molecule has 3 aromatic rings. The topological polar surface area (TPSA) is 84.6 Å². The van der Waals surface area contributed by atoms with Gasteiger partial charge in [0.05, 0.1) is 19.3 Å². The molecule has 0 unspecified atom stereocenters. The zero-order chi connectivity index (χ0) is 19.6. The average molecular weight is 379 g/mol. The lowest BCUT2D eigenvalue weighted by Crippen LogP contribution is -2.39. The maximum Gasteiger partial charge on any atom is 0.226 e. The second-order valence-electron chi connectivity index (χ2n) is 6.17. The number of aromatic nitrogens is 2. The van der Waals surface area contributed by atoms with E-state index in [-0.39, 0.29) is 0 Å². The molecule has 0 radical (unpaired) electrons. The predicted molar refractivity (Wildman–Crippen MR) is 109 cm³/mol. The molecule has 2 heterocycles. The number of rotatable bonds is 8. The average Bonchev–Trinajstić information content (AvgIpc) is 3.19. The van der Waals surface area contributed by atoms with Crippen LogP contribution in [0, 0.1) is 6.92 Å². The van der Waals surface area contributed by atoms with Gasteiger partial charge in [-0.3, -0.25) is 4.98 Å². The van der Waals surface area contributed by atoms with Crippen LogP contribution < -0.4 is 15.4 Å². The molecule has 0 atom stereocenters. The first kappa shape index (κ1) is 19.4. The van der Waals surface area contributed by atoms with Crippen LogP contribution >= 0.6 is 0 Å². The molecular formula is C21H25N5O2. The lowest BCUT2D eigenvalue weighted by molar-refractivity contribution is 0.320. The van der Waals surface area contributed by atoms with Crippen molar-refractivity contribution in [3.8, 4) is 17.2 Å². The van der Waals surface area contributed by atoms with Crippen LogP contribution in [-0.2, 0) is 6.54 Å². The summed E-state index contributed by atoms with van der Waals surface area (Å²) >= 11 is 0. The summed E-state index contributed by atoms with van der Waals surface area (Å²) in [6, 6.07) is 11.8. The van der Waals surface area contributed by atoms with E-state index in [1.54, 1.807) is 18.7 Å². The van der Waals surface area contributed by atoms with Crippen LogP contribution in [0.15, 0.2) is 64.5 Å². The molecular weight excluding hydrogens is 354 g/mol. The zero-order valence-corrected chi connectivity index (χ0v) is 16.2. The molecule has 7 nitrogen and oxygen atoms in total. The van der Waals surface area contributed by atoms with E-state index in [1.807, 2.05) is 43.3 Å². The van der Waals surface area contributed by atoms with Gasteiger partial charge in [0.2, 0.25) is 5.89 Å². The van der Waals surface area contributed by atoms with Crippen LogP contribution in [0.3, 0.4) is 0 Å². The van der Waals surface area contributed by atoms with Gasteiger partial charge in [0.25, 0.3) is 0 Å². The number of ether oxygens (including phenoxy) is 1. The minimum atomic E-state index is 0.425. The lowest BCUT2D eigenvalue weighted by atomic mass is 10.1. The Morgan fingerprint density at radius 1 is 1.18 bits per heavy atom. The summed E-state index contributed by atoms with van der Waals surface area (Å²) in [4.78, 5) is 13.1. The third-order valence-corrected chi connectivity index (χ3v) is 3.89. The maximum atomic E-state index is 5.62. The highest BCUT2D eigenvalue weighted by Crippen LogP contribution is 2.19. The smallest absolute Gasteiger partial charge is 0.226 e. The molecule has 7 heteroatoms. The maximum absolute atomic E-state index is 5.62. The van der Waals surface area contributed by atoms with Crippen LogP contribution in [0.1, 0.15) is 18.2 Å². The van der Waals surface area contributed by atoms with Gasteiger partial charge < -0.3 is 19.8 Å². The first-order chi connectivity index (χ1) is 13.7. The summed E-state index contributed by atoms with van der Waals surface area (Å²) in [5, 5.41) is 6.45. The molecule has 0 aliphatic heterocycles. The fraction of sp³-hybridized carbons (Fsp3) is 0.286. The van der Waals surface area contributed by atoms with E-state index in [0.717, 1.165) is 23.6 Å². The van der Waals surface area contributed by atoms with Crippen molar-refractivity contribution in [2.75, 3.05) is 19.7 Å². The number of nitrogens with one attached hydrogen (secondary N) is 2. The molecule has 0 saturated heterocycles. The van der Waals surface area contributed by atoms with Crippen LogP contribution in [0.5, 0.6) is 5.75 Å². The minimum Gasteiger partial charge on any atom is -0.490 e. The van der Waals surface area contributed by atoms with Crippen molar-refractivity contribution < 1.29 is 9.15 Å². The molecule has 2 N–H and O–H groups in total. The van der Waals surface area contributed by atoms with Crippen molar-refractivity contribution in [2.45, 2.75) is 20.4 Å². The Bertz CT molecular complexity index is 875. The van der Waals surface area contributed by atoms with Crippen LogP contribution in [0.4, 0.5) is 0 Å². The SMILES string of the molecule is CCNC(=NCc1coc(-c2ccc(C)cc2)n1)NCCOc1cccnc1. The third kappa shape index (κ3) is 5.84. The Morgan fingerprint density at radius 3 is 2.79 bits per heavy atom. The first-order valence-corrected chi connectivity index (χ1v) is 9.31. The molecule has 146 valence electrons. The first-order valence-electron chi connectivity index (χ1n) is 9.31. The minimum absolute atomic E-state index is 0.425. The van der Waals surface area contributed by atoms with Gasteiger partial charge in [-0.25, -0.2) is 9.98 Å². The van der Waals surface area contributed by atoms with Crippen LogP contribution in [0.2, 0.25) is 0 Å². The van der Waals surface area contributed by atoms with E-state index in [4.69, 9.17) is 9.15 Å². The van der Waals surface area contributed by atoms with Crippen molar-refractivity contribution in [2.24, 2.45) is 4.99 Å². The van der Waals surface area contributed by atoms with E-state index < -0.39 is 0 Å². The van der Waals surface area contributed by atoms with E-state index in [0.29, 0.717) is 31.5 Å². The number of hydrogen-bond donors (Lipinski definition) is 2. The highest BCUT2D eigenvalue weighted by molar-refractivity contribution is 5.79. The number of benzene rings is 1. The largest absolute Gasteiger partial charge is 0.490 e. The third-order valence-electron chi connectivity index (χ3n) is 3.89. The fourth-order valence-electron chi connectivity index (χ4n) is 2.48. The second-order valence-corrected chi connectivity index (χ2v) is 6.17. The Kier molecular flexibility index (Phi) is 7.01. The molecule has 2 aromatic heterocycles. The molecule has 0 bridgehead atoms. The van der Waals surface area contributed by atoms with E-state index in [1.165, 1.54) is 5.56 Å². The second kappa shape index (κ2) is 10.1. The molecule has 1 aromatic carbocycles. The zero-order valence-electron chi connectivity index (χ0n) is 16.2. The molecule has 0 aliphatic rings. The number of hydrogen-bond acceptors (Lipinski definition) is 5. The van der Waals surface area contributed by atoms with Crippen LogP contribution in [-0.4, -0.2) is 35.6 Å². The predicted octanol–water partition coefficient (Wildman–Crippen LogP) is 3.18. The Labute approximate surface area is 164 Å². The quantitative estimate of drug-likeness (QED) is 0.355. The van der Waals surface area contributed by atoms with Crippen molar-refractivity contribution in [1.82, 2.24) is 20.6 Å². The number of aryl methyl sites for hydroxylation is 1. The molecule has 28 heavy (non-hydrogen) atoms. The van der Waals surface area contributed by atoms with Gasteiger partial charge in [-0.05, 0) is 38.1 Å². The molecule has 0 fully saturated rings. The normalized spacial score (nSPS) is 11.3. The molecule has 0 spiro atoms. The lowest BCUT2D eigenvalue weighted by Gasteiger charge is -2.11. The summed E-state index contributed by atoms with van der Waals surface area (Å²) in [5.74, 6) is 2.06. The monoisotopic (exact) mass is 379 g/mol. The Balaban J connectivity index is 1.51. The molecule has 0 aliphatic carbocycles. The number of aliphatic imine (C=N–C) groups is 1. The van der Waals surface area contributed by atoms with Crippen molar-refractivity contribution in [3.05, 3.63) is 66.3 Å². The summed E-state index contributed by atoms with van der Waals surface area (Å²) in [6.45, 7) is 6.40. The van der Waals surface area contributed by atoms with E-state index >= 15 is 0 Å². The molecule has 3 rings (SSSR count). The molecule has 0 amide bonds. The van der Waals surface area contributed by atoms with Gasteiger partial charge in [0.1, 0.15) is 24.3 Å². The van der Waals surface area contributed by atoms with Crippen molar-refractivity contribution >= 4 is 5.96 Å². The fourth-order valence-corrected chi connectivity index (χ4v) is 2.48. The summed E-state index contributed by atoms with van der Waals surface area (Å²) in [6.07, 6.45) is 5.05. The van der Waals surface area contributed by atoms with Gasteiger partial charge in [0.15, 0.2) is 5.96 Å². The number of nitrogens with zero attached hydrogens (tertiary/aromatic N) is 3. The van der Waals surface area contributed by atoms with Crippen molar-refractivity contribution in [1.29, 1.82) is 0 Å². The Hall–Kier alpha value is -3.35. The van der Waals surface area contributed by atoms with Gasteiger partial charge in [-0.15, -0.1) is 0 Å². The van der Waals surface area contributed by atoms with Gasteiger partial charge >= 0.3 is 0 Å². The number of pyridine rings is 1. The number of oxazole rings is 1. The van der Waals surface area contributed by atoms with E-state index in [2.05, 4.69) is 32.5 Å². The standard InChI is InChI=1S/C21H25N5O2/c1-3-23-21(24-11-12-27-19-5-4-10-22-14-19)25-13-18-15-28-20(26-18)17-8-6-16(2)7-9-17/h4-10,14-15H,3,11-13H2,1-2H3,(H2,23,24,25). The highest BCUT2D eigenvalue weighted by atomic mass is 16.5. The van der Waals surface area contributed by atoms with Gasteiger partial charge in [0, 0.05) is 18.3 Å². The highest BCUT2D eigenvalue weighted by Gasteiger charge is 2.06. The van der Waals surface area contributed by atoms with Crippen molar-refractivity contribution in [3.63, 3.8) is 0 Å².